The van der Waals surface area contributed by atoms with E-state index in [0.29, 0.717) is 0 Å². The Morgan fingerprint density at radius 1 is 1.41 bits per heavy atom. The van der Waals surface area contributed by atoms with E-state index >= 15 is 0 Å². The second-order valence-corrected chi connectivity index (χ2v) is 6.13. The smallest absolute Gasteiger partial charge is 0.151 e. The summed E-state index contributed by atoms with van der Waals surface area (Å²) in [6.07, 6.45) is 2.28. The molecule has 0 unspecified atom stereocenters. The molecule has 2 aromatic rings. The van der Waals surface area contributed by atoms with Gasteiger partial charge in [0.1, 0.15) is 0 Å². The lowest BCUT2D eigenvalue weighted by atomic mass is 10.3. The molecule has 0 aliphatic carbocycles. The number of anilines is 1. The molecule has 0 amide bonds. The molecule has 0 aliphatic heterocycles. The molecule has 92 valence electrons. The summed E-state index contributed by atoms with van der Waals surface area (Å²) in [5.41, 5.74) is 7.59. The molecule has 5 heteroatoms. The Kier molecular flexibility index (Phi) is 4.65. The summed E-state index contributed by atoms with van der Waals surface area (Å²) in [6.45, 7) is 0.844. The van der Waals surface area contributed by atoms with Crippen molar-refractivity contribution in [3.05, 3.63) is 18.2 Å². The number of thioether (sulfide) groups is 1. The van der Waals surface area contributed by atoms with Crippen molar-refractivity contribution in [1.82, 2.24) is 4.98 Å². The number of hydrogen-bond donors (Lipinski definition) is 1. The minimum absolute atomic E-state index is 0.804. The molecule has 0 aliphatic rings. The number of hydrogen-bond acceptors (Lipinski definition) is 5. The number of thiazole rings is 1. The molecule has 0 saturated heterocycles. The van der Waals surface area contributed by atoms with Gasteiger partial charge in [-0.05, 0) is 31.0 Å². The van der Waals surface area contributed by atoms with E-state index < -0.39 is 0 Å². The summed E-state index contributed by atoms with van der Waals surface area (Å²) < 4.78 is 7.32. The summed E-state index contributed by atoms with van der Waals surface area (Å²) >= 11 is 3.53. The fourth-order valence-electron chi connectivity index (χ4n) is 1.49. The van der Waals surface area contributed by atoms with Crippen molar-refractivity contribution in [3.63, 3.8) is 0 Å². The van der Waals surface area contributed by atoms with Gasteiger partial charge in [0.05, 0.1) is 10.2 Å². The highest BCUT2D eigenvalue weighted by molar-refractivity contribution is 8.01. The van der Waals surface area contributed by atoms with Crippen molar-refractivity contribution >= 4 is 39.0 Å². The van der Waals surface area contributed by atoms with Crippen molar-refractivity contribution in [1.29, 1.82) is 0 Å². The molecule has 1 aromatic carbocycles. The van der Waals surface area contributed by atoms with Crippen molar-refractivity contribution in [3.8, 4) is 0 Å². The lowest BCUT2D eigenvalue weighted by Crippen LogP contribution is -1.89. The number of nitrogens with zero attached hydrogens (tertiary/aromatic N) is 1. The van der Waals surface area contributed by atoms with E-state index in [1.807, 2.05) is 30.0 Å². The molecule has 0 radical (unpaired) electrons. The van der Waals surface area contributed by atoms with Crippen molar-refractivity contribution in [2.24, 2.45) is 0 Å². The third-order valence-corrected chi connectivity index (χ3v) is 4.61. The van der Waals surface area contributed by atoms with Crippen LogP contribution in [0.3, 0.4) is 0 Å². The minimum Gasteiger partial charge on any atom is -0.399 e. The van der Waals surface area contributed by atoms with Crippen LogP contribution < -0.4 is 5.73 Å². The van der Waals surface area contributed by atoms with Gasteiger partial charge in [0, 0.05) is 25.2 Å². The molecule has 0 saturated carbocycles. The van der Waals surface area contributed by atoms with Gasteiger partial charge in [0.15, 0.2) is 4.34 Å². The Morgan fingerprint density at radius 3 is 3.12 bits per heavy atom. The Balaban J connectivity index is 1.91. The van der Waals surface area contributed by atoms with E-state index in [2.05, 4.69) is 4.98 Å². The third kappa shape index (κ3) is 3.59. The number of aromatic nitrogens is 1. The van der Waals surface area contributed by atoms with Crippen LogP contribution in [0.4, 0.5) is 5.69 Å². The topological polar surface area (TPSA) is 48.1 Å². The molecule has 2 N–H and O–H groups in total. The molecule has 1 aromatic heterocycles. The molecule has 3 nitrogen and oxygen atoms in total. The monoisotopic (exact) mass is 268 g/mol. The minimum atomic E-state index is 0.804. The Hall–Kier alpha value is -0.780. The maximum absolute atomic E-state index is 5.75. The standard InChI is InChI=1S/C12H16N2OS2/c1-15-6-2-3-7-16-12-14-10-5-4-9(13)8-11(10)17-12/h4-5,8H,2-3,6-7,13H2,1H3. The van der Waals surface area contributed by atoms with Crippen LogP contribution in [0, 0.1) is 0 Å². The summed E-state index contributed by atoms with van der Waals surface area (Å²) in [5, 5.41) is 0. The van der Waals surface area contributed by atoms with Crippen LogP contribution in [-0.2, 0) is 4.74 Å². The highest BCUT2D eigenvalue weighted by Gasteiger charge is 2.04. The molecular weight excluding hydrogens is 252 g/mol. The normalized spacial score (nSPS) is 11.1. The van der Waals surface area contributed by atoms with E-state index in [9.17, 15) is 0 Å². The molecule has 2 rings (SSSR count). The number of nitrogen functional groups attached to an aromatic ring is 1. The maximum Gasteiger partial charge on any atom is 0.151 e. The summed E-state index contributed by atoms with van der Waals surface area (Å²) in [4.78, 5) is 4.57. The van der Waals surface area contributed by atoms with E-state index in [4.69, 9.17) is 10.5 Å². The summed E-state index contributed by atoms with van der Waals surface area (Å²) in [7, 11) is 1.74. The van der Waals surface area contributed by atoms with Gasteiger partial charge in [-0.3, -0.25) is 0 Å². The number of ether oxygens (including phenoxy) is 1. The van der Waals surface area contributed by atoms with Gasteiger partial charge in [0.2, 0.25) is 0 Å². The average molecular weight is 268 g/mol. The second kappa shape index (κ2) is 6.23. The first kappa shape index (κ1) is 12.7. The Bertz CT molecular complexity index is 484. The average Bonchev–Trinajstić information content (AvgIpc) is 2.70. The van der Waals surface area contributed by atoms with Gasteiger partial charge >= 0.3 is 0 Å². The van der Waals surface area contributed by atoms with Crippen molar-refractivity contribution in [2.45, 2.75) is 17.2 Å². The second-order valence-electron chi connectivity index (χ2n) is 3.76. The first-order valence-electron chi connectivity index (χ1n) is 5.57. The quantitative estimate of drug-likeness (QED) is 0.495. The van der Waals surface area contributed by atoms with Crippen LogP contribution in [0.5, 0.6) is 0 Å². The van der Waals surface area contributed by atoms with Crippen molar-refractivity contribution in [2.75, 3.05) is 25.2 Å². The van der Waals surface area contributed by atoms with E-state index in [1.165, 1.54) is 4.70 Å². The molecular formula is C12H16N2OS2. The zero-order valence-corrected chi connectivity index (χ0v) is 11.4. The fraction of sp³-hybridized carbons (Fsp3) is 0.417. The Labute approximate surface area is 109 Å². The van der Waals surface area contributed by atoms with E-state index in [-0.39, 0.29) is 0 Å². The fourth-order valence-corrected chi connectivity index (χ4v) is 3.68. The molecule has 17 heavy (non-hydrogen) atoms. The third-order valence-electron chi connectivity index (χ3n) is 2.36. The predicted molar refractivity (Wildman–Crippen MR) is 75.9 cm³/mol. The van der Waals surface area contributed by atoms with Crippen LogP contribution in [0.2, 0.25) is 0 Å². The predicted octanol–water partition coefficient (Wildman–Crippen LogP) is 3.40. The van der Waals surface area contributed by atoms with Gasteiger partial charge in [-0.1, -0.05) is 11.8 Å². The molecule has 0 bridgehead atoms. The van der Waals surface area contributed by atoms with Crippen LogP contribution >= 0.6 is 23.1 Å². The zero-order valence-electron chi connectivity index (χ0n) is 9.81. The Morgan fingerprint density at radius 2 is 2.29 bits per heavy atom. The maximum atomic E-state index is 5.75. The number of rotatable bonds is 6. The SMILES string of the molecule is COCCCCSc1nc2ccc(N)cc2s1. The summed E-state index contributed by atoms with van der Waals surface area (Å²) in [6, 6.07) is 5.87. The van der Waals surface area contributed by atoms with Gasteiger partial charge in [-0.2, -0.15) is 0 Å². The first-order valence-corrected chi connectivity index (χ1v) is 7.37. The van der Waals surface area contributed by atoms with Crippen LogP contribution in [0.25, 0.3) is 10.2 Å². The highest BCUT2D eigenvalue weighted by Crippen LogP contribution is 2.30. The summed E-state index contributed by atoms with van der Waals surface area (Å²) in [5.74, 6) is 1.10. The number of fused-ring (bicyclic) bond motifs is 1. The largest absolute Gasteiger partial charge is 0.399 e. The van der Waals surface area contributed by atoms with Gasteiger partial charge < -0.3 is 10.5 Å². The molecule has 0 fully saturated rings. The first-order chi connectivity index (χ1) is 8.29. The molecule has 0 spiro atoms. The lowest BCUT2D eigenvalue weighted by molar-refractivity contribution is 0.194. The number of benzene rings is 1. The van der Waals surface area contributed by atoms with Gasteiger partial charge in [-0.25, -0.2) is 4.98 Å². The van der Waals surface area contributed by atoms with Crippen LogP contribution in [0.15, 0.2) is 22.5 Å². The van der Waals surface area contributed by atoms with Crippen LogP contribution in [0.1, 0.15) is 12.8 Å². The van der Waals surface area contributed by atoms with E-state index in [1.54, 1.807) is 18.4 Å². The number of nitrogens with two attached hydrogens (primary N) is 1. The van der Waals surface area contributed by atoms with E-state index in [0.717, 1.165) is 40.7 Å². The zero-order chi connectivity index (χ0) is 12.1. The number of methoxy groups -OCH3 is 1. The van der Waals surface area contributed by atoms with Gasteiger partial charge in [-0.15, -0.1) is 11.3 Å². The molecule has 1 heterocycles. The molecule has 0 atom stereocenters. The number of unbranched alkanes of at least 4 members (excludes halogenated alkanes) is 1. The van der Waals surface area contributed by atoms with Crippen molar-refractivity contribution < 1.29 is 4.74 Å². The van der Waals surface area contributed by atoms with Gasteiger partial charge in [0.25, 0.3) is 0 Å². The highest BCUT2D eigenvalue weighted by atomic mass is 32.2. The lowest BCUT2D eigenvalue weighted by Gasteiger charge is -1.97. The van der Waals surface area contributed by atoms with Crippen LogP contribution in [-0.4, -0.2) is 24.5 Å².